The van der Waals surface area contributed by atoms with Crippen molar-refractivity contribution in [3.63, 3.8) is 0 Å². The third-order valence-corrected chi connectivity index (χ3v) is 2.56. The van der Waals surface area contributed by atoms with Crippen molar-refractivity contribution in [1.29, 1.82) is 0 Å². The molecule has 0 aromatic carbocycles. The maximum Gasteiger partial charge on any atom is 0.236 e. The predicted molar refractivity (Wildman–Crippen MR) is 59.3 cm³/mol. The smallest absolute Gasteiger partial charge is 0.236 e. The van der Waals surface area contributed by atoms with Gasteiger partial charge in [0.15, 0.2) is 0 Å². The summed E-state index contributed by atoms with van der Waals surface area (Å²) in [7, 11) is 0. The first-order valence-electron chi connectivity index (χ1n) is 4.93. The Balaban J connectivity index is 0.00000169. The fourth-order valence-electron chi connectivity index (χ4n) is 1.65. The monoisotopic (exact) mass is 221 g/mol. The van der Waals surface area contributed by atoms with Crippen LogP contribution in [0.5, 0.6) is 0 Å². The Morgan fingerprint density at radius 1 is 1.43 bits per heavy atom. The number of nitrogens with one attached hydrogen (secondary N) is 1. The van der Waals surface area contributed by atoms with Gasteiger partial charge in [0.1, 0.15) is 0 Å². The topological polar surface area (TPSA) is 81.1 Å². The summed E-state index contributed by atoms with van der Waals surface area (Å²) in [4.78, 5) is 11.3. The van der Waals surface area contributed by atoms with Crippen molar-refractivity contribution in [3.05, 3.63) is 0 Å². The molecular formula is C9H20ClN3O. The average molecular weight is 222 g/mol. The molecule has 0 heterocycles. The van der Waals surface area contributed by atoms with Crippen molar-refractivity contribution in [2.75, 3.05) is 0 Å². The highest BCUT2D eigenvalue weighted by Crippen LogP contribution is 2.16. The first-order chi connectivity index (χ1) is 6.11. The zero-order valence-electron chi connectivity index (χ0n) is 8.53. The molecule has 14 heavy (non-hydrogen) atoms. The Kier molecular flexibility index (Phi) is 6.08. The number of carbonyl (C=O) groups excluding carboxylic acids is 1. The highest BCUT2D eigenvalue weighted by Gasteiger charge is 2.23. The molecule has 0 aromatic rings. The summed E-state index contributed by atoms with van der Waals surface area (Å²) in [5, 5.41) is 2.88. The van der Waals surface area contributed by atoms with Gasteiger partial charge in [-0.3, -0.25) is 4.79 Å². The third-order valence-electron chi connectivity index (χ3n) is 2.56. The molecule has 1 fully saturated rings. The van der Waals surface area contributed by atoms with Crippen LogP contribution in [0.1, 0.15) is 32.6 Å². The highest BCUT2D eigenvalue weighted by molar-refractivity contribution is 5.85. The molecule has 0 bridgehead atoms. The lowest BCUT2D eigenvalue weighted by molar-refractivity contribution is -0.123. The van der Waals surface area contributed by atoms with Gasteiger partial charge in [-0.1, -0.05) is 12.8 Å². The van der Waals surface area contributed by atoms with Crippen LogP contribution in [0.25, 0.3) is 0 Å². The summed E-state index contributed by atoms with van der Waals surface area (Å²) in [5.74, 6) is -0.0950. The van der Waals surface area contributed by atoms with E-state index in [0.29, 0.717) is 0 Å². The molecule has 1 rings (SSSR count). The molecule has 4 nitrogen and oxygen atoms in total. The van der Waals surface area contributed by atoms with Crippen molar-refractivity contribution in [2.24, 2.45) is 11.5 Å². The van der Waals surface area contributed by atoms with Crippen molar-refractivity contribution in [1.82, 2.24) is 5.32 Å². The Morgan fingerprint density at radius 2 is 2.00 bits per heavy atom. The Morgan fingerprint density at radius 3 is 2.50 bits per heavy atom. The minimum Gasteiger partial charge on any atom is -0.350 e. The largest absolute Gasteiger partial charge is 0.350 e. The molecule has 0 aromatic heterocycles. The van der Waals surface area contributed by atoms with Crippen LogP contribution in [0.15, 0.2) is 0 Å². The second-order valence-electron chi connectivity index (χ2n) is 3.85. The molecule has 84 valence electrons. The van der Waals surface area contributed by atoms with Crippen molar-refractivity contribution in [2.45, 2.75) is 50.7 Å². The van der Waals surface area contributed by atoms with Gasteiger partial charge in [0.25, 0.3) is 0 Å². The van der Waals surface area contributed by atoms with Gasteiger partial charge in [0, 0.05) is 12.1 Å². The van der Waals surface area contributed by atoms with Gasteiger partial charge in [-0.15, -0.1) is 12.4 Å². The SMILES string of the molecule is C[C@H](N)C(=O)NC1CCCCC1N.Cl. The summed E-state index contributed by atoms with van der Waals surface area (Å²) in [5.41, 5.74) is 11.3. The standard InChI is InChI=1S/C9H19N3O.ClH/c1-6(10)9(13)12-8-5-3-2-4-7(8)11;/h6-8H,2-5,10-11H2,1H3,(H,12,13);1H/t6-,7?,8?;/m0./s1. The quantitative estimate of drug-likeness (QED) is 0.621. The van der Waals surface area contributed by atoms with E-state index in [0.717, 1.165) is 19.3 Å². The Labute approximate surface area is 91.2 Å². The van der Waals surface area contributed by atoms with E-state index in [1.165, 1.54) is 6.42 Å². The molecule has 2 unspecified atom stereocenters. The molecular weight excluding hydrogens is 202 g/mol. The van der Waals surface area contributed by atoms with Gasteiger partial charge < -0.3 is 16.8 Å². The normalized spacial score (nSPS) is 28.8. The Hall–Kier alpha value is -0.320. The summed E-state index contributed by atoms with van der Waals surface area (Å²) >= 11 is 0. The van der Waals surface area contributed by atoms with Crippen LogP contribution in [-0.2, 0) is 4.79 Å². The van der Waals surface area contributed by atoms with Crippen LogP contribution in [0.3, 0.4) is 0 Å². The average Bonchev–Trinajstić information content (AvgIpc) is 2.08. The summed E-state index contributed by atoms with van der Waals surface area (Å²) in [6, 6.07) is -0.196. The molecule has 1 aliphatic carbocycles. The van der Waals surface area contributed by atoms with E-state index in [9.17, 15) is 4.79 Å². The van der Waals surface area contributed by atoms with Crippen molar-refractivity contribution >= 4 is 18.3 Å². The van der Waals surface area contributed by atoms with Crippen LogP contribution in [0, 0.1) is 0 Å². The zero-order valence-corrected chi connectivity index (χ0v) is 9.35. The molecule has 0 radical (unpaired) electrons. The maximum atomic E-state index is 11.3. The van der Waals surface area contributed by atoms with Gasteiger partial charge in [0.2, 0.25) is 5.91 Å². The number of carbonyl (C=O) groups is 1. The lowest BCUT2D eigenvalue weighted by Gasteiger charge is -2.29. The van der Waals surface area contributed by atoms with Crippen LogP contribution < -0.4 is 16.8 Å². The van der Waals surface area contributed by atoms with Crippen molar-refractivity contribution < 1.29 is 4.79 Å². The summed E-state index contributed by atoms with van der Waals surface area (Å²) in [6.07, 6.45) is 4.31. The van der Waals surface area contributed by atoms with Gasteiger partial charge in [0.05, 0.1) is 6.04 Å². The third kappa shape index (κ3) is 3.82. The first-order valence-corrected chi connectivity index (χ1v) is 4.93. The molecule has 1 amide bonds. The number of nitrogens with two attached hydrogens (primary N) is 2. The van der Waals surface area contributed by atoms with Gasteiger partial charge in [-0.2, -0.15) is 0 Å². The number of hydrogen-bond donors (Lipinski definition) is 3. The molecule has 0 spiro atoms. The highest BCUT2D eigenvalue weighted by atomic mass is 35.5. The lowest BCUT2D eigenvalue weighted by Crippen LogP contribution is -2.52. The van der Waals surface area contributed by atoms with E-state index in [4.69, 9.17) is 11.5 Å². The Bertz CT molecular complexity index is 187. The minimum atomic E-state index is -0.436. The number of halogens is 1. The van der Waals surface area contributed by atoms with E-state index in [-0.39, 0.29) is 30.4 Å². The lowest BCUT2D eigenvalue weighted by atomic mass is 9.91. The second kappa shape index (κ2) is 6.22. The second-order valence-corrected chi connectivity index (χ2v) is 3.85. The molecule has 1 aliphatic rings. The van der Waals surface area contributed by atoms with E-state index < -0.39 is 6.04 Å². The molecule has 5 heteroatoms. The maximum absolute atomic E-state index is 11.3. The number of hydrogen-bond acceptors (Lipinski definition) is 3. The van der Waals surface area contributed by atoms with Gasteiger partial charge in [-0.05, 0) is 19.8 Å². The fourth-order valence-corrected chi connectivity index (χ4v) is 1.65. The molecule has 3 atom stereocenters. The fraction of sp³-hybridized carbons (Fsp3) is 0.889. The van der Waals surface area contributed by atoms with E-state index >= 15 is 0 Å². The van der Waals surface area contributed by atoms with E-state index in [1.807, 2.05) is 0 Å². The molecule has 1 saturated carbocycles. The van der Waals surface area contributed by atoms with Crippen molar-refractivity contribution in [3.8, 4) is 0 Å². The van der Waals surface area contributed by atoms with Gasteiger partial charge >= 0.3 is 0 Å². The van der Waals surface area contributed by atoms with Crippen LogP contribution in [0.4, 0.5) is 0 Å². The summed E-state index contributed by atoms with van der Waals surface area (Å²) in [6.45, 7) is 1.68. The van der Waals surface area contributed by atoms with E-state index in [2.05, 4.69) is 5.32 Å². The zero-order chi connectivity index (χ0) is 9.84. The number of amides is 1. The van der Waals surface area contributed by atoms with Crippen LogP contribution in [0.2, 0.25) is 0 Å². The molecule has 0 saturated heterocycles. The van der Waals surface area contributed by atoms with Crippen LogP contribution in [-0.4, -0.2) is 24.0 Å². The van der Waals surface area contributed by atoms with E-state index in [1.54, 1.807) is 6.92 Å². The first kappa shape index (κ1) is 13.7. The number of rotatable bonds is 2. The molecule has 5 N–H and O–H groups in total. The molecule has 0 aliphatic heterocycles. The summed E-state index contributed by atoms with van der Waals surface area (Å²) < 4.78 is 0. The predicted octanol–water partition coefficient (Wildman–Crippen LogP) is 0.142. The minimum absolute atomic E-state index is 0. The van der Waals surface area contributed by atoms with Gasteiger partial charge in [-0.25, -0.2) is 0 Å². The van der Waals surface area contributed by atoms with Crippen LogP contribution >= 0.6 is 12.4 Å².